The van der Waals surface area contributed by atoms with Crippen molar-refractivity contribution in [3.8, 4) is 29.4 Å². The van der Waals surface area contributed by atoms with Gasteiger partial charge in [0.05, 0.1) is 11.3 Å². The number of aryl methyl sites for hydroxylation is 2. The third kappa shape index (κ3) is 6.14. The van der Waals surface area contributed by atoms with Crippen LogP contribution < -0.4 is 16.4 Å². The fraction of sp³-hybridized carbons (Fsp3) is 0.321. The maximum atomic E-state index is 10.2. The predicted molar refractivity (Wildman–Crippen MR) is 143 cm³/mol. The minimum atomic E-state index is 0.207. The van der Waals surface area contributed by atoms with Gasteiger partial charge in [0, 0.05) is 12.1 Å². The zero-order valence-corrected chi connectivity index (χ0v) is 20.8. The van der Waals surface area contributed by atoms with Crippen molar-refractivity contribution in [2.45, 2.75) is 39.0 Å². The quantitative estimate of drug-likeness (QED) is 0.380. The van der Waals surface area contributed by atoms with Crippen molar-refractivity contribution in [3.63, 3.8) is 0 Å². The van der Waals surface area contributed by atoms with E-state index >= 15 is 0 Å². The molecule has 1 aromatic heterocycles. The van der Waals surface area contributed by atoms with Gasteiger partial charge in [0.1, 0.15) is 11.6 Å². The van der Waals surface area contributed by atoms with Crippen LogP contribution in [0.25, 0.3) is 11.3 Å². The smallest absolute Gasteiger partial charge is 0.140 e. The standard InChI is InChI=1S/C19H21N3O.C9H13P/c1-3-14-15(13-7-5-9-21-11-13)10-16(22-19(14)20)18-12(2)6-4-8-17(18)23;1-3-8-4-6-9(10-2)7-5-8/h1,4,6,8,10,13,21,23H,5,7,9,11H2,2H3,(H2,20,22);4-7,10H,3H2,1-2H3. The van der Waals surface area contributed by atoms with Gasteiger partial charge in [-0.15, -0.1) is 6.42 Å². The van der Waals surface area contributed by atoms with Crippen LogP contribution in [0, 0.1) is 19.3 Å². The molecule has 1 aliphatic rings. The maximum absolute atomic E-state index is 10.2. The van der Waals surface area contributed by atoms with E-state index in [2.05, 4.69) is 54.1 Å². The van der Waals surface area contributed by atoms with Gasteiger partial charge >= 0.3 is 0 Å². The molecule has 4 rings (SSSR count). The van der Waals surface area contributed by atoms with Gasteiger partial charge in [0.25, 0.3) is 0 Å². The Morgan fingerprint density at radius 1 is 1.24 bits per heavy atom. The number of anilines is 1. The van der Waals surface area contributed by atoms with E-state index in [0.29, 0.717) is 28.6 Å². The number of nitrogens with zero attached hydrogens (tertiary/aromatic N) is 1. The highest BCUT2D eigenvalue weighted by molar-refractivity contribution is 7.46. The van der Waals surface area contributed by atoms with E-state index < -0.39 is 0 Å². The summed E-state index contributed by atoms with van der Waals surface area (Å²) in [5, 5.41) is 15.1. The van der Waals surface area contributed by atoms with Crippen LogP contribution in [0.2, 0.25) is 0 Å². The van der Waals surface area contributed by atoms with Gasteiger partial charge in [-0.1, -0.05) is 57.8 Å². The topological polar surface area (TPSA) is 71.2 Å². The number of aromatic hydroxyl groups is 1. The first kappa shape index (κ1) is 24.8. The number of aromatic nitrogens is 1. The summed E-state index contributed by atoms with van der Waals surface area (Å²) in [4.78, 5) is 4.45. The number of hydrogen-bond donors (Lipinski definition) is 3. The van der Waals surface area contributed by atoms with Crippen LogP contribution >= 0.6 is 8.58 Å². The first-order valence-electron chi connectivity index (χ1n) is 11.5. The van der Waals surface area contributed by atoms with E-state index in [-0.39, 0.29) is 5.75 Å². The number of terminal acetylenes is 1. The maximum Gasteiger partial charge on any atom is 0.140 e. The summed E-state index contributed by atoms with van der Waals surface area (Å²) in [6.07, 6.45) is 9.00. The van der Waals surface area contributed by atoms with E-state index in [1.165, 1.54) is 10.9 Å². The summed E-state index contributed by atoms with van der Waals surface area (Å²) in [6, 6.07) is 16.3. The normalized spacial score (nSPS) is 15.6. The summed E-state index contributed by atoms with van der Waals surface area (Å²) in [5.41, 5.74) is 11.6. The number of pyridine rings is 1. The van der Waals surface area contributed by atoms with E-state index in [9.17, 15) is 5.11 Å². The SMILES string of the molecule is C#Cc1c(C2CCCNC2)cc(-c2c(C)cccc2O)nc1N.CCc1ccc(PC)cc1. The third-order valence-corrected chi connectivity index (χ3v) is 7.03. The highest BCUT2D eigenvalue weighted by Crippen LogP contribution is 2.36. The molecule has 2 atom stereocenters. The molecule has 5 heteroatoms. The van der Waals surface area contributed by atoms with Crippen molar-refractivity contribution in [1.82, 2.24) is 10.3 Å². The zero-order valence-electron chi connectivity index (χ0n) is 19.8. The van der Waals surface area contributed by atoms with Crippen LogP contribution in [0.3, 0.4) is 0 Å². The fourth-order valence-electron chi connectivity index (χ4n) is 4.20. The van der Waals surface area contributed by atoms with E-state index in [1.54, 1.807) is 6.07 Å². The Morgan fingerprint density at radius 2 is 2.00 bits per heavy atom. The molecule has 33 heavy (non-hydrogen) atoms. The second-order valence-electron chi connectivity index (χ2n) is 8.31. The summed E-state index contributed by atoms with van der Waals surface area (Å²) < 4.78 is 0. The number of nitrogens with one attached hydrogen (secondary N) is 1. The molecule has 1 aliphatic heterocycles. The number of nitrogens with two attached hydrogens (primary N) is 1. The average molecular weight is 460 g/mol. The number of nitrogen functional groups attached to an aromatic ring is 1. The van der Waals surface area contributed by atoms with Crippen LogP contribution in [0.1, 0.15) is 47.9 Å². The monoisotopic (exact) mass is 459 g/mol. The van der Waals surface area contributed by atoms with Crippen LogP contribution in [0.15, 0.2) is 48.5 Å². The van der Waals surface area contributed by atoms with Crippen LogP contribution in [-0.4, -0.2) is 29.8 Å². The lowest BCUT2D eigenvalue weighted by atomic mass is 9.87. The highest BCUT2D eigenvalue weighted by Gasteiger charge is 2.22. The minimum absolute atomic E-state index is 0.207. The molecule has 3 aromatic rings. The van der Waals surface area contributed by atoms with E-state index in [1.807, 2.05) is 25.1 Å². The Balaban J connectivity index is 0.000000257. The van der Waals surface area contributed by atoms with E-state index in [0.717, 1.165) is 52.1 Å². The van der Waals surface area contributed by atoms with Gasteiger partial charge in [-0.2, -0.15) is 0 Å². The molecular formula is C28H34N3OP. The molecule has 2 unspecified atom stereocenters. The molecule has 4 N–H and O–H groups in total. The number of benzene rings is 2. The fourth-order valence-corrected chi connectivity index (χ4v) is 4.70. The molecule has 1 fully saturated rings. The molecule has 0 aliphatic carbocycles. The number of piperidine rings is 1. The average Bonchev–Trinajstić information content (AvgIpc) is 2.84. The summed E-state index contributed by atoms with van der Waals surface area (Å²) in [5.74, 6) is 3.58. The molecule has 0 saturated carbocycles. The van der Waals surface area contributed by atoms with Gasteiger partial charge in [-0.05, 0) is 79.4 Å². The molecular weight excluding hydrogens is 425 g/mol. The Morgan fingerprint density at radius 3 is 2.58 bits per heavy atom. The molecule has 4 nitrogen and oxygen atoms in total. The van der Waals surface area contributed by atoms with Gasteiger partial charge in [-0.25, -0.2) is 4.98 Å². The van der Waals surface area contributed by atoms with Crippen molar-refractivity contribution >= 4 is 19.7 Å². The number of phenolic OH excluding ortho intramolecular Hbond substituents is 1. The second-order valence-corrected chi connectivity index (χ2v) is 9.39. The summed E-state index contributed by atoms with van der Waals surface area (Å²) in [6.45, 7) is 8.26. The minimum Gasteiger partial charge on any atom is -0.507 e. The highest BCUT2D eigenvalue weighted by atomic mass is 31.1. The van der Waals surface area contributed by atoms with Crippen LogP contribution in [-0.2, 0) is 6.42 Å². The Labute approximate surface area is 199 Å². The van der Waals surface area contributed by atoms with E-state index in [4.69, 9.17) is 12.2 Å². The number of rotatable bonds is 4. The third-order valence-electron chi connectivity index (χ3n) is 6.12. The molecule has 1 saturated heterocycles. The lowest BCUT2D eigenvalue weighted by Gasteiger charge is -2.25. The largest absolute Gasteiger partial charge is 0.507 e. The van der Waals surface area contributed by atoms with Crippen molar-refractivity contribution < 1.29 is 5.11 Å². The zero-order chi connectivity index (χ0) is 23.8. The van der Waals surface area contributed by atoms with Gasteiger partial charge in [-0.3, -0.25) is 0 Å². The second kappa shape index (κ2) is 11.8. The predicted octanol–water partition coefficient (Wildman–Crippen LogP) is 4.98. The number of hydrogen-bond acceptors (Lipinski definition) is 4. The van der Waals surface area contributed by atoms with Gasteiger partial charge in [0.15, 0.2) is 0 Å². The molecule has 0 bridgehead atoms. The molecule has 2 aromatic carbocycles. The lowest BCUT2D eigenvalue weighted by Crippen LogP contribution is -2.29. The van der Waals surface area contributed by atoms with Gasteiger partial charge in [0.2, 0.25) is 0 Å². The van der Waals surface area contributed by atoms with Crippen molar-refractivity contribution in [2.24, 2.45) is 0 Å². The summed E-state index contributed by atoms with van der Waals surface area (Å²) in [7, 11) is 0.928. The lowest BCUT2D eigenvalue weighted by molar-refractivity contribution is 0.461. The van der Waals surface area contributed by atoms with Crippen molar-refractivity contribution in [3.05, 3.63) is 70.8 Å². The number of phenols is 1. The van der Waals surface area contributed by atoms with Crippen molar-refractivity contribution in [1.29, 1.82) is 0 Å². The molecule has 172 valence electrons. The molecule has 2 heterocycles. The van der Waals surface area contributed by atoms with Gasteiger partial charge < -0.3 is 16.2 Å². The Hall–Kier alpha value is -2.86. The molecule has 0 radical (unpaired) electrons. The molecule has 0 spiro atoms. The summed E-state index contributed by atoms with van der Waals surface area (Å²) >= 11 is 0. The molecule has 0 amide bonds. The Bertz CT molecular complexity index is 1070. The van der Waals surface area contributed by atoms with Crippen LogP contribution in [0.4, 0.5) is 5.82 Å². The Kier molecular flexibility index (Phi) is 8.89. The van der Waals surface area contributed by atoms with Crippen LogP contribution in [0.5, 0.6) is 5.75 Å². The first-order valence-corrected chi connectivity index (χ1v) is 13.0. The first-order chi connectivity index (χ1) is 16.0. The van der Waals surface area contributed by atoms with Crippen molar-refractivity contribution in [2.75, 3.05) is 25.5 Å².